The molecule has 1 fully saturated rings. The lowest BCUT2D eigenvalue weighted by Crippen LogP contribution is -2.42. The Hall–Kier alpha value is -2.44. The molecule has 1 saturated heterocycles. The molecular weight excluding hydrogens is 344 g/mol. The number of rotatable bonds is 7. The van der Waals surface area contributed by atoms with Crippen molar-refractivity contribution >= 4 is 11.9 Å². The van der Waals surface area contributed by atoms with Crippen LogP contribution in [0.2, 0.25) is 0 Å². The maximum Gasteiger partial charge on any atom is 0.224 e. The van der Waals surface area contributed by atoms with Crippen molar-refractivity contribution in [3.63, 3.8) is 0 Å². The fourth-order valence-electron chi connectivity index (χ4n) is 3.26. The van der Waals surface area contributed by atoms with Crippen LogP contribution in [0, 0.1) is 5.92 Å². The Kier molecular flexibility index (Phi) is 8.23. The summed E-state index contributed by atoms with van der Waals surface area (Å²) in [5.41, 5.74) is 1.000. The van der Waals surface area contributed by atoms with Crippen LogP contribution in [0.4, 0.5) is 0 Å². The van der Waals surface area contributed by atoms with Gasteiger partial charge in [-0.05, 0) is 30.9 Å². The Morgan fingerprint density at radius 3 is 2.78 bits per heavy atom. The fourth-order valence-corrected chi connectivity index (χ4v) is 3.26. The van der Waals surface area contributed by atoms with E-state index in [1.807, 2.05) is 23.1 Å². The summed E-state index contributed by atoms with van der Waals surface area (Å²) < 4.78 is 10.6. The van der Waals surface area contributed by atoms with Crippen LogP contribution in [-0.2, 0) is 11.3 Å². The van der Waals surface area contributed by atoms with E-state index in [0.717, 1.165) is 36.6 Å². The highest BCUT2D eigenvalue weighted by molar-refractivity contribution is 5.81. The third-order valence-electron chi connectivity index (χ3n) is 4.81. The fraction of sp³-hybridized carbons (Fsp3) is 0.600. The number of carbonyl (C=O) groups excluding carboxylic acids is 1. The first-order valence-corrected chi connectivity index (χ1v) is 9.50. The number of hydrogen-bond donors (Lipinski definition) is 2. The zero-order valence-corrected chi connectivity index (χ0v) is 16.9. The lowest BCUT2D eigenvalue weighted by Gasteiger charge is -2.31. The van der Waals surface area contributed by atoms with Gasteiger partial charge in [-0.25, -0.2) is 0 Å². The number of carbonyl (C=O) groups is 1. The van der Waals surface area contributed by atoms with Gasteiger partial charge >= 0.3 is 0 Å². The molecule has 1 unspecified atom stereocenters. The van der Waals surface area contributed by atoms with Crippen molar-refractivity contribution in [2.45, 2.75) is 32.7 Å². The number of aliphatic imine (C=N–C) groups is 1. The Bertz CT molecular complexity index is 648. The molecule has 7 nitrogen and oxygen atoms in total. The maximum absolute atomic E-state index is 12.3. The van der Waals surface area contributed by atoms with Crippen molar-refractivity contribution in [2.75, 3.05) is 40.9 Å². The molecule has 2 rings (SSSR count). The molecule has 2 N–H and O–H groups in total. The molecule has 1 heterocycles. The molecular formula is C20H32N4O3. The first-order chi connectivity index (χ1) is 13.1. The molecule has 0 aromatic heterocycles. The largest absolute Gasteiger partial charge is 0.497 e. The number of piperidine rings is 1. The van der Waals surface area contributed by atoms with Crippen LogP contribution in [0.25, 0.3) is 0 Å². The van der Waals surface area contributed by atoms with E-state index in [1.165, 1.54) is 6.42 Å². The van der Waals surface area contributed by atoms with Gasteiger partial charge in [0.05, 0.1) is 14.2 Å². The van der Waals surface area contributed by atoms with Crippen LogP contribution in [-0.4, -0.2) is 57.7 Å². The molecule has 0 aliphatic carbocycles. The van der Waals surface area contributed by atoms with Gasteiger partial charge < -0.3 is 25.0 Å². The molecule has 0 saturated carbocycles. The Balaban J connectivity index is 1.78. The van der Waals surface area contributed by atoms with E-state index in [-0.39, 0.29) is 5.91 Å². The lowest BCUT2D eigenvalue weighted by atomic mass is 10.00. The van der Waals surface area contributed by atoms with Crippen molar-refractivity contribution in [1.29, 1.82) is 0 Å². The highest BCUT2D eigenvalue weighted by Crippen LogP contribution is 2.24. The van der Waals surface area contributed by atoms with Gasteiger partial charge in [-0.15, -0.1) is 0 Å². The summed E-state index contributed by atoms with van der Waals surface area (Å²) in [7, 11) is 4.98. The zero-order chi connectivity index (χ0) is 19.6. The van der Waals surface area contributed by atoms with Crippen LogP contribution in [0.5, 0.6) is 11.5 Å². The van der Waals surface area contributed by atoms with Gasteiger partial charge in [-0.2, -0.15) is 0 Å². The third kappa shape index (κ3) is 6.34. The number of methoxy groups -OCH3 is 2. The summed E-state index contributed by atoms with van der Waals surface area (Å²) in [5, 5.41) is 6.46. The van der Waals surface area contributed by atoms with Gasteiger partial charge in [0.25, 0.3) is 0 Å². The number of benzene rings is 1. The number of nitrogens with one attached hydrogen (secondary N) is 2. The molecule has 0 bridgehead atoms. The Morgan fingerprint density at radius 1 is 1.30 bits per heavy atom. The smallest absolute Gasteiger partial charge is 0.224 e. The second-order valence-corrected chi connectivity index (χ2v) is 6.87. The highest BCUT2D eigenvalue weighted by atomic mass is 16.5. The number of ether oxygens (including phenoxy) is 2. The van der Waals surface area contributed by atoms with E-state index in [0.29, 0.717) is 31.4 Å². The number of guanidine groups is 1. The Morgan fingerprint density at radius 2 is 2.11 bits per heavy atom. The number of likely N-dealkylation sites (tertiary alicyclic amines) is 1. The number of hydrogen-bond acceptors (Lipinski definition) is 4. The maximum atomic E-state index is 12.3. The van der Waals surface area contributed by atoms with Crippen LogP contribution in [0.1, 0.15) is 31.7 Å². The predicted molar refractivity (Wildman–Crippen MR) is 107 cm³/mol. The van der Waals surface area contributed by atoms with Gasteiger partial charge in [-0.1, -0.05) is 6.92 Å². The molecule has 0 spiro atoms. The Labute approximate surface area is 162 Å². The molecule has 1 aliphatic rings. The molecule has 1 atom stereocenters. The second-order valence-electron chi connectivity index (χ2n) is 6.87. The number of amides is 1. The van der Waals surface area contributed by atoms with Crippen LogP contribution >= 0.6 is 0 Å². The minimum atomic E-state index is 0.210. The summed E-state index contributed by atoms with van der Waals surface area (Å²) in [5.74, 6) is 2.98. The van der Waals surface area contributed by atoms with E-state index in [2.05, 4.69) is 22.5 Å². The summed E-state index contributed by atoms with van der Waals surface area (Å²) >= 11 is 0. The van der Waals surface area contributed by atoms with Gasteiger partial charge in [0.15, 0.2) is 5.96 Å². The van der Waals surface area contributed by atoms with Crippen LogP contribution < -0.4 is 20.1 Å². The van der Waals surface area contributed by atoms with E-state index in [4.69, 9.17) is 9.47 Å². The van der Waals surface area contributed by atoms with Gasteiger partial charge in [-0.3, -0.25) is 9.79 Å². The standard InChI is InChI=1S/C20H32N4O3/c1-15-6-5-11-24(14-15)19(25)9-10-22-20(21-2)23-13-16-7-8-17(26-3)12-18(16)27-4/h7-8,12,15H,5-6,9-11,13-14H2,1-4H3,(H2,21,22,23). The molecule has 1 aromatic rings. The van der Waals surface area contributed by atoms with Crippen molar-refractivity contribution in [3.8, 4) is 11.5 Å². The van der Waals surface area contributed by atoms with E-state index in [1.54, 1.807) is 21.3 Å². The van der Waals surface area contributed by atoms with Gasteiger partial charge in [0, 0.05) is 51.3 Å². The van der Waals surface area contributed by atoms with E-state index < -0.39 is 0 Å². The summed E-state index contributed by atoms with van der Waals surface area (Å²) in [4.78, 5) is 18.5. The highest BCUT2D eigenvalue weighted by Gasteiger charge is 2.20. The summed E-state index contributed by atoms with van der Waals surface area (Å²) in [6, 6.07) is 5.71. The first-order valence-electron chi connectivity index (χ1n) is 9.50. The molecule has 1 amide bonds. The van der Waals surface area contributed by atoms with Crippen LogP contribution in [0.15, 0.2) is 23.2 Å². The molecule has 0 radical (unpaired) electrons. The van der Waals surface area contributed by atoms with Crippen molar-refractivity contribution in [2.24, 2.45) is 10.9 Å². The van der Waals surface area contributed by atoms with Crippen molar-refractivity contribution in [1.82, 2.24) is 15.5 Å². The van der Waals surface area contributed by atoms with E-state index in [9.17, 15) is 4.79 Å². The van der Waals surface area contributed by atoms with Crippen molar-refractivity contribution in [3.05, 3.63) is 23.8 Å². The van der Waals surface area contributed by atoms with Gasteiger partial charge in [0.2, 0.25) is 5.91 Å². The molecule has 150 valence electrons. The topological polar surface area (TPSA) is 75.2 Å². The third-order valence-corrected chi connectivity index (χ3v) is 4.81. The molecule has 27 heavy (non-hydrogen) atoms. The minimum absolute atomic E-state index is 0.210. The molecule has 1 aliphatic heterocycles. The quantitative estimate of drug-likeness (QED) is 0.562. The number of nitrogens with zero attached hydrogens (tertiary/aromatic N) is 2. The molecule has 7 heteroatoms. The average molecular weight is 377 g/mol. The second kappa shape index (κ2) is 10.6. The predicted octanol–water partition coefficient (Wildman–Crippen LogP) is 2.02. The molecule has 1 aromatic carbocycles. The minimum Gasteiger partial charge on any atom is -0.497 e. The monoisotopic (exact) mass is 376 g/mol. The SMILES string of the molecule is CN=C(NCCC(=O)N1CCCC(C)C1)NCc1ccc(OC)cc1OC. The average Bonchev–Trinajstić information content (AvgIpc) is 2.70. The van der Waals surface area contributed by atoms with Gasteiger partial charge in [0.1, 0.15) is 11.5 Å². The summed E-state index contributed by atoms with van der Waals surface area (Å²) in [6.45, 7) is 5.08. The first kappa shape index (κ1) is 20.9. The zero-order valence-electron chi connectivity index (χ0n) is 16.9. The lowest BCUT2D eigenvalue weighted by molar-refractivity contribution is -0.132. The van der Waals surface area contributed by atoms with Crippen molar-refractivity contribution < 1.29 is 14.3 Å². The van der Waals surface area contributed by atoms with Crippen LogP contribution in [0.3, 0.4) is 0 Å². The normalized spacial score (nSPS) is 17.4. The summed E-state index contributed by atoms with van der Waals surface area (Å²) in [6.07, 6.45) is 2.79. The van der Waals surface area contributed by atoms with E-state index >= 15 is 0 Å².